The summed E-state index contributed by atoms with van der Waals surface area (Å²) in [6, 6.07) is 6.54. The van der Waals surface area contributed by atoms with Gasteiger partial charge in [-0.15, -0.1) is 22.0 Å². The minimum Gasteiger partial charge on any atom is -0.379 e. The Labute approximate surface area is 189 Å². The largest absolute Gasteiger partial charge is 0.379 e. The van der Waals surface area contributed by atoms with Crippen molar-refractivity contribution in [1.82, 2.24) is 30.3 Å². The average molecular weight is 446 g/mol. The molecule has 0 spiro atoms. The van der Waals surface area contributed by atoms with Gasteiger partial charge in [0.05, 0.1) is 26.3 Å². The van der Waals surface area contributed by atoms with E-state index >= 15 is 0 Å². The van der Waals surface area contributed by atoms with E-state index in [2.05, 4.69) is 57.1 Å². The normalized spacial score (nSPS) is 15.3. The molecule has 0 unspecified atom stereocenters. The number of aromatic nitrogens is 3. The van der Waals surface area contributed by atoms with Gasteiger partial charge in [0, 0.05) is 31.6 Å². The number of thioether (sulfide) groups is 1. The smallest absolute Gasteiger partial charge is 0.191 e. The Hall–Kier alpha value is -2.10. The molecule has 0 atom stereocenters. The number of rotatable bonds is 9. The van der Waals surface area contributed by atoms with Gasteiger partial charge in [0.1, 0.15) is 5.82 Å². The molecule has 1 aromatic heterocycles. The van der Waals surface area contributed by atoms with Crippen molar-refractivity contribution in [3.8, 4) is 0 Å². The van der Waals surface area contributed by atoms with Crippen molar-refractivity contribution in [2.75, 3.05) is 45.6 Å². The summed E-state index contributed by atoms with van der Waals surface area (Å²) in [6.45, 7) is 11.0. The first-order valence-corrected chi connectivity index (χ1v) is 12.1. The summed E-state index contributed by atoms with van der Waals surface area (Å²) < 4.78 is 7.42. The molecule has 0 radical (unpaired) electrons. The van der Waals surface area contributed by atoms with E-state index in [4.69, 9.17) is 9.73 Å². The van der Waals surface area contributed by atoms with Crippen LogP contribution in [0.1, 0.15) is 29.2 Å². The maximum atomic E-state index is 5.43. The summed E-state index contributed by atoms with van der Waals surface area (Å²) in [5.41, 5.74) is 2.51. The maximum absolute atomic E-state index is 5.43. The lowest BCUT2D eigenvalue weighted by atomic mass is 10.1. The van der Waals surface area contributed by atoms with E-state index in [1.165, 1.54) is 16.0 Å². The standard InChI is InChI=1S/C22H35N7OS/c1-17-6-7-19(20(14-17)31-4)15-24-22(25-16-21-27-26-18(2)28(21)3)23-8-5-9-29-10-12-30-13-11-29/h6-7,14H,5,8-13,15-16H2,1-4H3,(H2,23,24,25). The lowest BCUT2D eigenvalue weighted by Crippen LogP contribution is -2.40. The molecular weight excluding hydrogens is 410 g/mol. The number of hydrogen-bond donors (Lipinski definition) is 2. The first-order valence-electron chi connectivity index (χ1n) is 10.9. The highest BCUT2D eigenvalue weighted by Crippen LogP contribution is 2.22. The Kier molecular flexibility index (Phi) is 9.17. The van der Waals surface area contributed by atoms with E-state index < -0.39 is 0 Å². The second-order valence-electron chi connectivity index (χ2n) is 7.79. The van der Waals surface area contributed by atoms with Crippen molar-refractivity contribution >= 4 is 17.7 Å². The van der Waals surface area contributed by atoms with Crippen LogP contribution in [0.15, 0.2) is 28.1 Å². The molecule has 2 aromatic rings. The van der Waals surface area contributed by atoms with E-state index in [0.29, 0.717) is 13.1 Å². The minimum absolute atomic E-state index is 0.579. The number of benzene rings is 1. The number of guanidine groups is 1. The van der Waals surface area contributed by atoms with Crippen LogP contribution in [-0.4, -0.2) is 71.3 Å². The molecule has 170 valence electrons. The molecule has 1 fully saturated rings. The van der Waals surface area contributed by atoms with Gasteiger partial charge in [-0.2, -0.15) is 0 Å². The van der Waals surface area contributed by atoms with Gasteiger partial charge in [-0.3, -0.25) is 4.90 Å². The van der Waals surface area contributed by atoms with Crippen molar-refractivity contribution in [1.29, 1.82) is 0 Å². The van der Waals surface area contributed by atoms with E-state index in [1.54, 1.807) is 11.8 Å². The Morgan fingerprint density at radius 2 is 2.00 bits per heavy atom. The Bertz CT molecular complexity index is 862. The van der Waals surface area contributed by atoms with Crippen LogP contribution in [0.2, 0.25) is 0 Å². The van der Waals surface area contributed by atoms with Crippen LogP contribution < -0.4 is 10.6 Å². The van der Waals surface area contributed by atoms with Gasteiger partial charge in [-0.05, 0) is 50.3 Å². The van der Waals surface area contributed by atoms with E-state index in [1.807, 2.05) is 18.5 Å². The summed E-state index contributed by atoms with van der Waals surface area (Å²) in [5.74, 6) is 2.59. The van der Waals surface area contributed by atoms with Gasteiger partial charge >= 0.3 is 0 Å². The highest BCUT2D eigenvalue weighted by molar-refractivity contribution is 7.98. The predicted molar refractivity (Wildman–Crippen MR) is 127 cm³/mol. The SMILES string of the molecule is CSc1cc(C)ccc1CN=C(NCCCN1CCOCC1)NCc1nnc(C)n1C. The zero-order chi connectivity index (χ0) is 22.1. The van der Waals surface area contributed by atoms with E-state index in [0.717, 1.165) is 63.4 Å². The second kappa shape index (κ2) is 12.1. The Morgan fingerprint density at radius 1 is 1.19 bits per heavy atom. The zero-order valence-electron chi connectivity index (χ0n) is 19.1. The molecule has 2 N–H and O–H groups in total. The monoisotopic (exact) mass is 445 g/mol. The van der Waals surface area contributed by atoms with Crippen molar-refractivity contribution in [2.45, 2.75) is 38.3 Å². The fourth-order valence-corrected chi connectivity index (χ4v) is 4.12. The molecule has 0 aliphatic carbocycles. The van der Waals surface area contributed by atoms with Crippen LogP contribution in [0.4, 0.5) is 0 Å². The number of hydrogen-bond acceptors (Lipinski definition) is 6. The third-order valence-electron chi connectivity index (χ3n) is 5.49. The molecule has 3 rings (SSSR count). The summed E-state index contributed by atoms with van der Waals surface area (Å²) >= 11 is 1.77. The van der Waals surface area contributed by atoms with Crippen LogP contribution >= 0.6 is 11.8 Å². The Morgan fingerprint density at radius 3 is 2.71 bits per heavy atom. The molecule has 31 heavy (non-hydrogen) atoms. The van der Waals surface area contributed by atoms with Crippen LogP contribution in [0.3, 0.4) is 0 Å². The summed E-state index contributed by atoms with van der Waals surface area (Å²) in [4.78, 5) is 8.59. The molecule has 1 aliphatic rings. The first-order chi connectivity index (χ1) is 15.1. The van der Waals surface area contributed by atoms with Gasteiger partial charge < -0.3 is 19.9 Å². The molecular formula is C22H35N7OS. The van der Waals surface area contributed by atoms with Gasteiger partial charge in [-0.1, -0.05) is 12.1 Å². The predicted octanol–water partition coefficient (Wildman–Crippen LogP) is 2.11. The number of aryl methyl sites for hydroxylation is 2. The molecule has 0 amide bonds. The zero-order valence-corrected chi connectivity index (χ0v) is 20.0. The van der Waals surface area contributed by atoms with Crippen LogP contribution in [0.25, 0.3) is 0 Å². The highest BCUT2D eigenvalue weighted by atomic mass is 32.2. The molecule has 8 nitrogen and oxygen atoms in total. The molecule has 0 bridgehead atoms. The van der Waals surface area contributed by atoms with Crippen molar-refractivity contribution in [2.24, 2.45) is 12.0 Å². The first kappa shape index (κ1) is 23.6. The van der Waals surface area contributed by atoms with Gasteiger partial charge in [0.15, 0.2) is 11.8 Å². The summed E-state index contributed by atoms with van der Waals surface area (Å²) in [6.07, 6.45) is 3.17. The third kappa shape index (κ3) is 7.22. The van der Waals surface area contributed by atoms with Gasteiger partial charge in [0.25, 0.3) is 0 Å². The van der Waals surface area contributed by atoms with Crippen LogP contribution in [-0.2, 0) is 24.9 Å². The molecule has 2 heterocycles. The van der Waals surface area contributed by atoms with Crippen molar-refractivity contribution in [3.05, 3.63) is 41.0 Å². The summed E-state index contributed by atoms with van der Waals surface area (Å²) in [5, 5.41) is 15.3. The molecule has 9 heteroatoms. The van der Waals surface area contributed by atoms with Crippen LogP contribution in [0, 0.1) is 13.8 Å². The molecule has 1 aliphatic heterocycles. The minimum atomic E-state index is 0.579. The van der Waals surface area contributed by atoms with E-state index in [9.17, 15) is 0 Å². The highest BCUT2D eigenvalue weighted by Gasteiger charge is 2.10. The molecule has 1 aromatic carbocycles. The number of ether oxygens (including phenoxy) is 1. The topological polar surface area (TPSA) is 79.6 Å². The number of nitrogens with one attached hydrogen (secondary N) is 2. The van der Waals surface area contributed by atoms with Crippen LogP contribution in [0.5, 0.6) is 0 Å². The second-order valence-corrected chi connectivity index (χ2v) is 8.64. The number of morpholine rings is 1. The lowest BCUT2D eigenvalue weighted by Gasteiger charge is -2.26. The summed E-state index contributed by atoms with van der Waals surface area (Å²) in [7, 11) is 1.98. The van der Waals surface area contributed by atoms with Crippen molar-refractivity contribution < 1.29 is 4.74 Å². The number of nitrogens with zero attached hydrogens (tertiary/aromatic N) is 5. The van der Waals surface area contributed by atoms with E-state index in [-0.39, 0.29) is 0 Å². The third-order valence-corrected chi connectivity index (χ3v) is 6.31. The van der Waals surface area contributed by atoms with Gasteiger partial charge in [0.2, 0.25) is 0 Å². The lowest BCUT2D eigenvalue weighted by molar-refractivity contribution is 0.0376. The average Bonchev–Trinajstić information content (AvgIpc) is 3.11. The van der Waals surface area contributed by atoms with Crippen molar-refractivity contribution in [3.63, 3.8) is 0 Å². The van der Waals surface area contributed by atoms with Gasteiger partial charge in [-0.25, -0.2) is 4.99 Å². The maximum Gasteiger partial charge on any atom is 0.191 e. The number of aliphatic imine (C=N–C) groups is 1. The molecule has 1 saturated heterocycles. The quantitative estimate of drug-likeness (QED) is 0.265. The fourth-order valence-electron chi connectivity index (χ4n) is 3.42. The Balaban J connectivity index is 1.59. The molecule has 0 saturated carbocycles. The fraction of sp³-hybridized carbons (Fsp3) is 0.591.